The normalized spacial score (nSPS) is 13.2. The van der Waals surface area contributed by atoms with Crippen molar-refractivity contribution in [1.82, 2.24) is 0 Å². The second-order valence-electron chi connectivity index (χ2n) is 1.85. The van der Waals surface area contributed by atoms with E-state index in [4.69, 9.17) is 4.74 Å². The first-order chi connectivity index (χ1) is 4.16. The van der Waals surface area contributed by atoms with E-state index in [1.165, 1.54) is 11.8 Å². The average molecular weight is 148 g/mol. The molecule has 0 saturated heterocycles. The summed E-state index contributed by atoms with van der Waals surface area (Å²) in [6.07, 6.45) is 0.180. The van der Waals surface area contributed by atoms with Crippen LogP contribution >= 0.6 is 11.8 Å². The van der Waals surface area contributed by atoms with Crippen LogP contribution in [-0.4, -0.2) is 24.1 Å². The van der Waals surface area contributed by atoms with E-state index in [1.807, 2.05) is 6.92 Å². The lowest BCUT2D eigenvalue weighted by molar-refractivity contribution is -0.109. The van der Waals surface area contributed by atoms with Crippen LogP contribution < -0.4 is 0 Å². The fraction of sp³-hybridized carbons (Fsp3) is 0.833. The van der Waals surface area contributed by atoms with E-state index < -0.39 is 0 Å². The Morgan fingerprint density at radius 2 is 2.33 bits per heavy atom. The summed E-state index contributed by atoms with van der Waals surface area (Å²) in [5.74, 6) is 0.756. The highest BCUT2D eigenvalue weighted by Crippen LogP contribution is 2.04. The van der Waals surface area contributed by atoms with Crippen molar-refractivity contribution < 1.29 is 9.53 Å². The first-order valence-corrected chi connectivity index (χ1v) is 3.81. The van der Waals surface area contributed by atoms with E-state index in [1.54, 1.807) is 14.0 Å². The molecule has 0 fully saturated rings. The average Bonchev–Trinajstić information content (AvgIpc) is 1.83. The summed E-state index contributed by atoms with van der Waals surface area (Å²) >= 11 is 1.30. The van der Waals surface area contributed by atoms with Gasteiger partial charge in [0.15, 0.2) is 5.12 Å². The Hall–Kier alpha value is -0.0200. The molecule has 0 bridgehead atoms. The molecular formula is C6H12O2S. The van der Waals surface area contributed by atoms with Gasteiger partial charge in [0.25, 0.3) is 0 Å². The standard InChI is InChI=1S/C6H12O2S/c1-5(8-3)4-9-6(2)7/h5H,4H2,1-3H3. The number of ether oxygens (including phenoxy) is 1. The molecule has 2 nitrogen and oxygen atoms in total. The Balaban J connectivity index is 3.16. The molecule has 0 aliphatic heterocycles. The Labute approximate surface area is 60.0 Å². The maximum absolute atomic E-state index is 10.4. The zero-order valence-corrected chi connectivity index (χ0v) is 6.83. The van der Waals surface area contributed by atoms with Gasteiger partial charge >= 0.3 is 0 Å². The van der Waals surface area contributed by atoms with E-state index in [9.17, 15) is 4.79 Å². The van der Waals surface area contributed by atoms with Crippen molar-refractivity contribution in [3.8, 4) is 0 Å². The predicted molar refractivity (Wildman–Crippen MR) is 39.6 cm³/mol. The molecule has 0 heterocycles. The highest BCUT2D eigenvalue weighted by atomic mass is 32.2. The van der Waals surface area contributed by atoms with E-state index >= 15 is 0 Å². The maximum atomic E-state index is 10.4. The molecule has 0 rings (SSSR count). The van der Waals surface area contributed by atoms with Crippen molar-refractivity contribution in [2.45, 2.75) is 20.0 Å². The van der Waals surface area contributed by atoms with Crippen molar-refractivity contribution >= 4 is 16.9 Å². The van der Waals surface area contributed by atoms with Crippen molar-refractivity contribution in [3.05, 3.63) is 0 Å². The molecule has 0 amide bonds. The van der Waals surface area contributed by atoms with Gasteiger partial charge in [0.1, 0.15) is 0 Å². The minimum absolute atomic E-state index is 0.152. The Morgan fingerprint density at radius 3 is 2.67 bits per heavy atom. The van der Waals surface area contributed by atoms with Crippen LogP contribution in [0.2, 0.25) is 0 Å². The minimum Gasteiger partial charge on any atom is -0.381 e. The van der Waals surface area contributed by atoms with Crippen LogP contribution in [-0.2, 0) is 9.53 Å². The van der Waals surface area contributed by atoms with Crippen LogP contribution in [0, 0.1) is 0 Å². The van der Waals surface area contributed by atoms with Gasteiger partial charge in [-0.3, -0.25) is 4.79 Å². The Morgan fingerprint density at radius 1 is 1.78 bits per heavy atom. The molecule has 0 saturated carbocycles. The fourth-order valence-electron chi connectivity index (χ4n) is 0.303. The smallest absolute Gasteiger partial charge is 0.185 e. The highest BCUT2D eigenvalue weighted by Gasteiger charge is 2.00. The summed E-state index contributed by atoms with van der Waals surface area (Å²) in [5, 5.41) is 0.152. The molecule has 0 radical (unpaired) electrons. The van der Waals surface area contributed by atoms with Gasteiger partial charge in [-0.1, -0.05) is 11.8 Å². The van der Waals surface area contributed by atoms with Crippen LogP contribution in [0.5, 0.6) is 0 Å². The molecule has 0 aromatic rings. The summed E-state index contributed by atoms with van der Waals surface area (Å²) in [6, 6.07) is 0. The van der Waals surface area contributed by atoms with Crippen molar-refractivity contribution in [3.63, 3.8) is 0 Å². The van der Waals surface area contributed by atoms with Gasteiger partial charge in [0.05, 0.1) is 6.10 Å². The van der Waals surface area contributed by atoms with Crippen molar-refractivity contribution in [2.24, 2.45) is 0 Å². The molecule has 0 aromatic heterocycles. The molecule has 0 aromatic carbocycles. The topological polar surface area (TPSA) is 26.3 Å². The zero-order chi connectivity index (χ0) is 7.28. The quantitative estimate of drug-likeness (QED) is 0.603. The van der Waals surface area contributed by atoms with Crippen LogP contribution in [0.3, 0.4) is 0 Å². The fourth-order valence-corrected chi connectivity index (χ4v) is 0.908. The van der Waals surface area contributed by atoms with Crippen LogP contribution in [0.15, 0.2) is 0 Å². The molecule has 54 valence electrons. The van der Waals surface area contributed by atoms with E-state index in [0.29, 0.717) is 0 Å². The summed E-state index contributed by atoms with van der Waals surface area (Å²) in [4.78, 5) is 10.4. The summed E-state index contributed by atoms with van der Waals surface area (Å²) in [5.41, 5.74) is 0. The number of methoxy groups -OCH3 is 1. The molecule has 0 N–H and O–H groups in total. The number of rotatable bonds is 3. The number of hydrogen-bond donors (Lipinski definition) is 0. The first kappa shape index (κ1) is 8.98. The SMILES string of the molecule is COC(C)CSC(C)=O. The molecule has 1 unspecified atom stereocenters. The first-order valence-electron chi connectivity index (χ1n) is 2.83. The van der Waals surface area contributed by atoms with Gasteiger partial charge in [-0.25, -0.2) is 0 Å². The Bertz CT molecular complexity index is 93.1. The molecule has 0 aliphatic rings. The molecule has 9 heavy (non-hydrogen) atoms. The Kier molecular flexibility index (Phi) is 4.81. The van der Waals surface area contributed by atoms with Crippen LogP contribution in [0.4, 0.5) is 0 Å². The van der Waals surface area contributed by atoms with Crippen LogP contribution in [0.25, 0.3) is 0 Å². The molecular weight excluding hydrogens is 136 g/mol. The number of hydrogen-bond acceptors (Lipinski definition) is 3. The molecule has 0 spiro atoms. The lowest BCUT2D eigenvalue weighted by Gasteiger charge is -2.05. The van der Waals surface area contributed by atoms with Gasteiger partial charge in [-0.05, 0) is 6.92 Å². The predicted octanol–water partition coefficient (Wildman–Crippen LogP) is 1.30. The lowest BCUT2D eigenvalue weighted by Crippen LogP contribution is -2.08. The van der Waals surface area contributed by atoms with Gasteiger partial charge in [0.2, 0.25) is 0 Å². The second-order valence-corrected chi connectivity index (χ2v) is 3.05. The number of thioether (sulfide) groups is 1. The van der Waals surface area contributed by atoms with Crippen molar-refractivity contribution in [2.75, 3.05) is 12.9 Å². The molecule has 1 atom stereocenters. The van der Waals surface area contributed by atoms with Crippen molar-refractivity contribution in [1.29, 1.82) is 0 Å². The van der Waals surface area contributed by atoms with Gasteiger partial charge < -0.3 is 4.74 Å². The summed E-state index contributed by atoms with van der Waals surface area (Å²) < 4.78 is 4.93. The number of carbonyl (C=O) groups excluding carboxylic acids is 1. The third-order valence-corrected chi connectivity index (χ3v) is 1.97. The zero-order valence-electron chi connectivity index (χ0n) is 6.01. The maximum Gasteiger partial charge on any atom is 0.185 e. The minimum atomic E-state index is 0.152. The van der Waals surface area contributed by atoms with Gasteiger partial charge in [-0.15, -0.1) is 0 Å². The molecule has 3 heteroatoms. The molecule has 0 aliphatic carbocycles. The summed E-state index contributed by atoms with van der Waals surface area (Å²) in [7, 11) is 1.64. The largest absolute Gasteiger partial charge is 0.381 e. The lowest BCUT2D eigenvalue weighted by atomic mass is 10.5. The third-order valence-electron chi connectivity index (χ3n) is 0.924. The van der Waals surface area contributed by atoms with Gasteiger partial charge in [-0.2, -0.15) is 0 Å². The van der Waals surface area contributed by atoms with Gasteiger partial charge in [0, 0.05) is 19.8 Å². The summed E-state index contributed by atoms with van der Waals surface area (Å²) in [6.45, 7) is 3.50. The second kappa shape index (κ2) is 4.82. The van der Waals surface area contributed by atoms with Crippen LogP contribution in [0.1, 0.15) is 13.8 Å². The monoisotopic (exact) mass is 148 g/mol. The highest BCUT2D eigenvalue weighted by molar-refractivity contribution is 8.13. The van der Waals surface area contributed by atoms with E-state index in [-0.39, 0.29) is 11.2 Å². The number of carbonyl (C=O) groups is 1. The van der Waals surface area contributed by atoms with E-state index in [2.05, 4.69) is 0 Å². The third kappa shape index (κ3) is 5.86. The van der Waals surface area contributed by atoms with E-state index in [0.717, 1.165) is 5.75 Å².